The molecular weight excluding hydrogens is 398 g/mol. The molecule has 9 nitrogen and oxygen atoms in total. The number of nitrogens with one attached hydrogen (secondary N) is 2. The van der Waals surface area contributed by atoms with Crippen molar-refractivity contribution < 1.29 is 14.5 Å². The van der Waals surface area contributed by atoms with Gasteiger partial charge < -0.3 is 20.3 Å². The predicted molar refractivity (Wildman–Crippen MR) is 119 cm³/mol. The lowest BCUT2D eigenvalue weighted by molar-refractivity contribution is -0.384. The summed E-state index contributed by atoms with van der Waals surface area (Å²) in [7, 11) is 0. The van der Waals surface area contributed by atoms with Crippen LogP contribution in [-0.2, 0) is 4.74 Å². The molecule has 9 heteroatoms. The summed E-state index contributed by atoms with van der Waals surface area (Å²) in [6, 6.07) is 16.3. The van der Waals surface area contributed by atoms with Crippen molar-refractivity contribution in [3.63, 3.8) is 0 Å². The highest BCUT2D eigenvalue weighted by atomic mass is 16.6. The summed E-state index contributed by atoms with van der Waals surface area (Å²) in [5.74, 6) is 0.517. The molecule has 160 valence electrons. The number of fused-ring (bicyclic) bond motifs is 1. The summed E-state index contributed by atoms with van der Waals surface area (Å²) in [5.41, 5.74) is 1.45. The number of carbonyl (C=O) groups excluding carboxylic acids is 1. The molecule has 1 saturated heterocycles. The number of rotatable bonds is 7. The standard InChI is InChI=1S/C22H23N5O4/c28-22(26-11-13-31-14-12-26)17-5-7-19(20(15-17)27(29)30)23-9-10-24-21-8-6-16-3-1-2-4-18(16)25-21/h1-8,15,23H,9-14H2,(H,24,25). The first kappa shape index (κ1) is 20.5. The fourth-order valence-corrected chi connectivity index (χ4v) is 3.47. The number of amides is 1. The fourth-order valence-electron chi connectivity index (χ4n) is 3.47. The Hall–Kier alpha value is -3.72. The van der Waals surface area contributed by atoms with Gasteiger partial charge in [-0.2, -0.15) is 0 Å². The van der Waals surface area contributed by atoms with Crippen LogP contribution in [0, 0.1) is 10.1 Å². The zero-order chi connectivity index (χ0) is 21.6. The molecule has 2 heterocycles. The van der Waals surface area contributed by atoms with Gasteiger partial charge in [-0.3, -0.25) is 14.9 Å². The Balaban J connectivity index is 1.38. The zero-order valence-electron chi connectivity index (χ0n) is 16.9. The van der Waals surface area contributed by atoms with Crippen LogP contribution in [0.3, 0.4) is 0 Å². The molecule has 3 aromatic rings. The topological polar surface area (TPSA) is 110 Å². The van der Waals surface area contributed by atoms with Crippen LogP contribution in [0.15, 0.2) is 54.6 Å². The van der Waals surface area contributed by atoms with Gasteiger partial charge in [0.15, 0.2) is 0 Å². The Labute approximate surface area is 179 Å². The van der Waals surface area contributed by atoms with Gasteiger partial charge in [-0.1, -0.05) is 18.2 Å². The Morgan fingerprint density at radius 1 is 1.06 bits per heavy atom. The van der Waals surface area contributed by atoms with E-state index in [-0.39, 0.29) is 11.6 Å². The summed E-state index contributed by atoms with van der Waals surface area (Å²) in [6.07, 6.45) is 0. The molecule has 2 aromatic carbocycles. The molecule has 2 N–H and O–H groups in total. The van der Waals surface area contributed by atoms with E-state index in [2.05, 4.69) is 15.6 Å². The number of nitrogens with zero attached hydrogens (tertiary/aromatic N) is 3. The van der Waals surface area contributed by atoms with E-state index in [4.69, 9.17) is 4.74 Å². The van der Waals surface area contributed by atoms with E-state index in [1.807, 2.05) is 36.4 Å². The monoisotopic (exact) mass is 421 g/mol. The maximum absolute atomic E-state index is 12.6. The van der Waals surface area contributed by atoms with Crippen LogP contribution >= 0.6 is 0 Å². The number of pyridine rings is 1. The highest BCUT2D eigenvalue weighted by molar-refractivity contribution is 5.95. The van der Waals surface area contributed by atoms with Crippen molar-refractivity contribution in [2.75, 3.05) is 50.0 Å². The first-order valence-corrected chi connectivity index (χ1v) is 10.1. The Morgan fingerprint density at radius 2 is 1.84 bits per heavy atom. The molecular formula is C22H23N5O4. The van der Waals surface area contributed by atoms with Crippen molar-refractivity contribution >= 4 is 34.0 Å². The molecule has 31 heavy (non-hydrogen) atoms. The number of aromatic nitrogens is 1. The average Bonchev–Trinajstić information content (AvgIpc) is 2.81. The van der Waals surface area contributed by atoms with Crippen LogP contribution in [0.2, 0.25) is 0 Å². The smallest absolute Gasteiger partial charge is 0.293 e. The van der Waals surface area contributed by atoms with Gasteiger partial charge in [-0.15, -0.1) is 0 Å². The maximum Gasteiger partial charge on any atom is 0.293 e. The first-order chi connectivity index (χ1) is 15.1. The largest absolute Gasteiger partial charge is 0.378 e. The molecule has 0 atom stereocenters. The number of carbonyl (C=O) groups is 1. The van der Waals surface area contributed by atoms with Crippen LogP contribution in [0.25, 0.3) is 10.9 Å². The second kappa shape index (κ2) is 9.40. The number of nitro groups is 1. The van der Waals surface area contributed by atoms with E-state index in [0.717, 1.165) is 16.7 Å². The van der Waals surface area contributed by atoms with Gasteiger partial charge in [0, 0.05) is 43.2 Å². The lowest BCUT2D eigenvalue weighted by atomic mass is 10.1. The number of para-hydroxylation sites is 1. The van der Waals surface area contributed by atoms with Crippen LogP contribution < -0.4 is 10.6 Å². The number of benzene rings is 2. The van der Waals surface area contributed by atoms with Crippen molar-refractivity contribution in [3.05, 3.63) is 70.3 Å². The minimum absolute atomic E-state index is 0.122. The molecule has 0 radical (unpaired) electrons. The normalized spacial score (nSPS) is 13.7. The highest BCUT2D eigenvalue weighted by Gasteiger charge is 2.22. The van der Waals surface area contributed by atoms with Crippen LogP contribution in [-0.4, -0.2) is 60.1 Å². The summed E-state index contributed by atoms with van der Waals surface area (Å²) in [4.78, 5) is 29.9. The Morgan fingerprint density at radius 3 is 2.65 bits per heavy atom. The van der Waals surface area contributed by atoms with Gasteiger partial charge in [0.1, 0.15) is 11.5 Å². The molecule has 4 rings (SSSR count). The van der Waals surface area contributed by atoms with Gasteiger partial charge >= 0.3 is 0 Å². The van der Waals surface area contributed by atoms with Gasteiger partial charge in [-0.25, -0.2) is 4.98 Å². The number of hydrogen-bond acceptors (Lipinski definition) is 7. The molecule has 1 amide bonds. The molecule has 1 aromatic heterocycles. The van der Waals surface area contributed by atoms with Crippen molar-refractivity contribution in [1.82, 2.24) is 9.88 Å². The lowest BCUT2D eigenvalue weighted by Crippen LogP contribution is -2.40. The van der Waals surface area contributed by atoms with E-state index in [0.29, 0.717) is 50.6 Å². The summed E-state index contributed by atoms with van der Waals surface area (Å²) in [6.45, 7) is 2.91. The minimum Gasteiger partial charge on any atom is -0.378 e. The molecule has 1 fully saturated rings. The van der Waals surface area contributed by atoms with Crippen molar-refractivity contribution in [1.29, 1.82) is 0 Å². The van der Waals surface area contributed by atoms with Crippen molar-refractivity contribution in [2.24, 2.45) is 0 Å². The van der Waals surface area contributed by atoms with Crippen molar-refractivity contribution in [2.45, 2.75) is 0 Å². The quantitative estimate of drug-likeness (QED) is 0.343. The zero-order valence-corrected chi connectivity index (χ0v) is 16.9. The van der Waals surface area contributed by atoms with E-state index < -0.39 is 4.92 Å². The molecule has 0 unspecified atom stereocenters. The SMILES string of the molecule is O=C(c1ccc(NCCNc2ccc3ccccc3n2)c([N+](=O)[O-])c1)N1CCOCC1. The van der Waals surface area contributed by atoms with Gasteiger partial charge in [0.2, 0.25) is 0 Å². The number of nitro benzene ring substituents is 1. The average molecular weight is 421 g/mol. The number of hydrogen-bond donors (Lipinski definition) is 2. The molecule has 0 aliphatic carbocycles. The van der Waals surface area contributed by atoms with Gasteiger partial charge in [0.25, 0.3) is 11.6 Å². The molecule has 0 saturated carbocycles. The summed E-state index contributed by atoms with van der Waals surface area (Å²) < 4.78 is 5.25. The van der Waals surface area contributed by atoms with E-state index in [1.165, 1.54) is 6.07 Å². The van der Waals surface area contributed by atoms with Crippen LogP contribution in [0.4, 0.5) is 17.2 Å². The number of ether oxygens (including phenoxy) is 1. The van der Waals surface area contributed by atoms with Crippen molar-refractivity contribution in [3.8, 4) is 0 Å². The highest BCUT2D eigenvalue weighted by Crippen LogP contribution is 2.26. The predicted octanol–water partition coefficient (Wildman–Crippen LogP) is 3.14. The number of morpholine rings is 1. The maximum atomic E-state index is 12.6. The molecule has 0 spiro atoms. The molecule has 1 aliphatic rings. The Bertz CT molecular complexity index is 1100. The second-order valence-electron chi connectivity index (χ2n) is 7.14. The van der Waals surface area contributed by atoms with Crippen LogP contribution in [0.1, 0.15) is 10.4 Å². The molecule has 0 bridgehead atoms. The van der Waals surface area contributed by atoms with E-state index >= 15 is 0 Å². The van der Waals surface area contributed by atoms with E-state index in [1.54, 1.807) is 17.0 Å². The fraction of sp³-hybridized carbons (Fsp3) is 0.273. The Kier molecular flexibility index (Phi) is 6.23. The molecule has 1 aliphatic heterocycles. The first-order valence-electron chi connectivity index (χ1n) is 10.1. The van der Waals surface area contributed by atoms with Gasteiger partial charge in [-0.05, 0) is 30.3 Å². The summed E-state index contributed by atoms with van der Waals surface area (Å²) in [5, 5.41) is 18.9. The lowest BCUT2D eigenvalue weighted by Gasteiger charge is -2.26. The number of anilines is 2. The van der Waals surface area contributed by atoms with Gasteiger partial charge in [0.05, 0.1) is 23.7 Å². The third-order valence-corrected chi connectivity index (χ3v) is 5.08. The minimum atomic E-state index is -0.475. The second-order valence-corrected chi connectivity index (χ2v) is 7.14. The third-order valence-electron chi connectivity index (χ3n) is 5.08. The third kappa shape index (κ3) is 4.89. The summed E-state index contributed by atoms with van der Waals surface area (Å²) >= 11 is 0. The van der Waals surface area contributed by atoms with Crippen LogP contribution in [0.5, 0.6) is 0 Å². The van der Waals surface area contributed by atoms with E-state index in [9.17, 15) is 14.9 Å².